The molecule has 0 spiro atoms. The van der Waals surface area contributed by atoms with Gasteiger partial charge >= 0.3 is 0 Å². The molecule has 2 aromatic heterocycles. The van der Waals surface area contributed by atoms with Crippen LogP contribution in [-0.4, -0.2) is 33.3 Å². The predicted molar refractivity (Wildman–Crippen MR) is 75.6 cm³/mol. The molecule has 2 aromatic rings. The van der Waals surface area contributed by atoms with Gasteiger partial charge in [-0.1, -0.05) is 0 Å². The summed E-state index contributed by atoms with van der Waals surface area (Å²) in [7, 11) is 0. The summed E-state index contributed by atoms with van der Waals surface area (Å²) in [6.07, 6.45) is 7.91. The second-order valence-electron chi connectivity index (χ2n) is 4.90. The normalized spacial score (nSPS) is 18.1. The zero-order valence-electron chi connectivity index (χ0n) is 11.1. The second-order valence-corrected chi connectivity index (χ2v) is 4.90. The summed E-state index contributed by atoms with van der Waals surface area (Å²) >= 11 is 0. The predicted octanol–water partition coefficient (Wildman–Crippen LogP) is 1.35. The zero-order valence-corrected chi connectivity index (χ0v) is 11.1. The van der Waals surface area contributed by atoms with Crippen molar-refractivity contribution in [3.63, 3.8) is 0 Å². The first kappa shape index (κ1) is 12.8. The molecule has 6 heteroatoms. The summed E-state index contributed by atoms with van der Waals surface area (Å²) in [5, 5.41) is 10.3. The maximum atomic E-state index is 11.9. The largest absolute Gasteiger partial charge is 0.325 e. The van der Waals surface area contributed by atoms with Gasteiger partial charge in [0.15, 0.2) is 5.82 Å². The van der Waals surface area contributed by atoms with Crippen molar-refractivity contribution in [1.29, 1.82) is 0 Å². The molecule has 20 heavy (non-hydrogen) atoms. The first-order valence-electron chi connectivity index (χ1n) is 6.80. The van der Waals surface area contributed by atoms with Crippen LogP contribution in [0.3, 0.4) is 0 Å². The summed E-state index contributed by atoms with van der Waals surface area (Å²) in [4.78, 5) is 16.2. The summed E-state index contributed by atoms with van der Waals surface area (Å²) < 4.78 is 1.67. The van der Waals surface area contributed by atoms with E-state index < -0.39 is 0 Å². The molecule has 1 fully saturated rings. The SMILES string of the molecule is O=C(CC1CCCN1)Nc1ccc(-n2cccn2)nc1. The highest BCUT2D eigenvalue weighted by atomic mass is 16.1. The van der Waals surface area contributed by atoms with E-state index in [1.54, 1.807) is 17.1 Å². The van der Waals surface area contributed by atoms with Gasteiger partial charge in [-0.2, -0.15) is 5.10 Å². The van der Waals surface area contributed by atoms with Gasteiger partial charge < -0.3 is 10.6 Å². The Morgan fingerprint density at radius 2 is 2.45 bits per heavy atom. The second kappa shape index (κ2) is 5.83. The number of pyridine rings is 1. The van der Waals surface area contributed by atoms with Gasteiger partial charge in [-0.05, 0) is 37.6 Å². The van der Waals surface area contributed by atoms with Crippen LogP contribution >= 0.6 is 0 Å². The smallest absolute Gasteiger partial charge is 0.225 e. The Hall–Kier alpha value is -2.21. The molecule has 1 atom stereocenters. The first-order valence-corrected chi connectivity index (χ1v) is 6.80. The quantitative estimate of drug-likeness (QED) is 0.880. The van der Waals surface area contributed by atoms with Crippen molar-refractivity contribution in [2.24, 2.45) is 0 Å². The van der Waals surface area contributed by atoms with Crippen LogP contribution in [0.4, 0.5) is 5.69 Å². The fraction of sp³-hybridized carbons (Fsp3) is 0.357. The van der Waals surface area contributed by atoms with E-state index in [0.717, 1.165) is 25.2 Å². The highest BCUT2D eigenvalue weighted by Crippen LogP contribution is 2.12. The molecule has 0 bridgehead atoms. The van der Waals surface area contributed by atoms with E-state index in [1.807, 2.05) is 24.4 Å². The lowest BCUT2D eigenvalue weighted by molar-refractivity contribution is -0.116. The third kappa shape index (κ3) is 3.03. The molecule has 1 aliphatic heterocycles. The van der Waals surface area contributed by atoms with E-state index in [9.17, 15) is 4.79 Å². The average molecular weight is 271 g/mol. The Morgan fingerprint density at radius 1 is 1.50 bits per heavy atom. The van der Waals surface area contributed by atoms with E-state index >= 15 is 0 Å². The van der Waals surface area contributed by atoms with Crippen molar-refractivity contribution in [2.75, 3.05) is 11.9 Å². The van der Waals surface area contributed by atoms with Gasteiger partial charge in [0.2, 0.25) is 5.91 Å². The molecule has 0 aliphatic carbocycles. The standard InChI is InChI=1S/C14H17N5O/c20-14(9-11-3-1-6-15-11)18-12-4-5-13(16-10-12)19-8-2-7-17-19/h2,4-5,7-8,10-11,15H,1,3,6,9H2,(H,18,20). The minimum atomic E-state index is 0.0260. The van der Waals surface area contributed by atoms with Crippen molar-refractivity contribution < 1.29 is 4.79 Å². The number of aromatic nitrogens is 3. The van der Waals surface area contributed by atoms with Crippen LogP contribution < -0.4 is 10.6 Å². The maximum Gasteiger partial charge on any atom is 0.225 e. The van der Waals surface area contributed by atoms with Gasteiger partial charge in [0.25, 0.3) is 0 Å². The third-order valence-electron chi connectivity index (χ3n) is 3.36. The summed E-state index contributed by atoms with van der Waals surface area (Å²) in [6, 6.07) is 5.82. The molecule has 0 aromatic carbocycles. The fourth-order valence-corrected chi connectivity index (χ4v) is 2.37. The van der Waals surface area contributed by atoms with Crippen LogP contribution in [0.5, 0.6) is 0 Å². The molecule has 2 N–H and O–H groups in total. The van der Waals surface area contributed by atoms with E-state index in [2.05, 4.69) is 20.7 Å². The van der Waals surface area contributed by atoms with Crippen LogP contribution in [-0.2, 0) is 4.79 Å². The summed E-state index contributed by atoms with van der Waals surface area (Å²) in [5.41, 5.74) is 0.712. The van der Waals surface area contributed by atoms with Crippen LogP contribution in [0.25, 0.3) is 5.82 Å². The van der Waals surface area contributed by atoms with Gasteiger partial charge in [0, 0.05) is 24.9 Å². The lowest BCUT2D eigenvalue weighted by Crippen LogP contribution is -2.27. The van der Waals surface area contributed by atoms with Crippen LogP contribution in [0, 0.1) is 0 Å². The molecule has 0 saturated carbocycles. The number of anilines is 1. The Labute approximate surface area is 117 Å². The number of carbonyl (C=O) groups is 1. The Morgan fingerprint density at radius 3 is 3.10 bits per heavy atom. The minimum Gasteiger partial charge on any atom is -0.325 e. The summed E-state index contributed by atoms with van der Waals surface area (Å²) in [5.74, 6) is 0.753. The number of rotatable bonds is 4. The Bertz CT molecular complexity index is 558. The Kier molecular flexibility index (Phi) is 3.73. The molecule has 1 saturated heterocycles. The Balaban J connectivity index is 1.59. The van der Waals surface area contributed by atoms with Crippen molar-refractivity contribution in [2.45, 2.75) is 25.3 Å². The molecule has 1 unspecified atom stereocenters. The molecule has 6 nitrogen and oxygen atoms in total. The maximum absolute atomic E-state index is 11.9. The van der Waals surface area contributed by atoms with Crippen LogP contribution in [0.15, 0.2) is 36.8 Å². The number of hydrogen-bond donors (Lipinski definition) is 2. The number of carbonyl (C=O) groups excluding carboxylic acids is 1. The number of nitrogens with zero attached hydrogens (tertiary/aromatic N) is 3. The van der Waals surface area contributed by atoms with Crippen molar-refractivity contribution in [1.82, 2.24) is 20.1 Å². The average Bonchev–Trinajstić information content (AvgIpc) is 3.12. The van der Waals surface area contributed by atoms with Crippen LogP contribution in [0.1, 0.15) is 19.3 Å². The van der Waals surface area contributed by atoms with Crippen molar-refractivity contribution in [3.8, 4) is 5.82 Å². The van der Waals surface area contributed by atoms with E-state index in [4.69, 9.17) is 0 Å². The molecule has 3 heterocycles. The van der Waals surface area contributed by atoms with E-state index in [-0.39, 0.29) is 5.91 Å². The minimum absolute atomic E-state index is 0.0260. The first-order chi connectivity index (χ1) is 9.81. The molecule has 3 rings (SSSR count). The third-order valence-corrected chi connectivity index (χ3v) is 3.36. The topological polar surface area (TPSA) is 71.8 Å². The molecule has 104 valence electrons. The number of amides is 1. The van der Waals surface area contributed by atoms with Crippen molar-refractivity contribution >= 4 is 11.6 Å². The lowest BCUT2D eigenvalue weighted by atomic mass is 10.1. The summed E-state index contributed by atoms with van der Waals surface area (Å²) in [6.45, 7) is 1.01. The van der Waals surface area contributed by atoms with Gasteiger partial charge in [-0.25, -0.2) is 9.67 Å². The monoisotopic (exact) mass is 271 g/mol. The van der Waals surface area contributed by atoms with Crippen LogP contribution in [0.2, 0.25) is 0 Å². The van der Waals surface area contributed by atoms with Gasteiger partial charge in [0.1, 0.15) is 0 Å². The van der Waals surface area contributed by atoms with E-state index in [0.29, 0.717) is 18.2 Å². The number of nitrogens with one attached hydrogen (secondary N) is 2. The highest BCUT2D eigenvalue weighted by molar-refractivity contribution is 5.90. The van der Waals surface area contributed by atoms with Crippen molar-refractivity contribution in [3.05, 3.63) is 36.8 Å². The molecule has 1 amide bonds. The number of hydrogen-bond acceptors (Lipinski definition) is 4. The molecule has 0 radical (unpaired) electrons. The highest BCUT2D eigenvalue weighted by Gasteiger charge is 2.17. The lowest BCUT2D eigenvalue weighted by Gasteiger charge is -2.10. The van der Waals surface area contributed by atoms with Gasteiger partial charge in [0.05, 0.1) is 11.9 Å². The van der Waals surface area contributed by atoms with Gasteiger partial charge in [-0.15, -0.1) is 0 Å². The fourth-order valence-electron chi connectivity index (χ4n) is 2.37. The molecular formula is C14H17N5O. The zero-order chi connectivity index (χ0) is 13.8. The van der Waals surface area contributed by atoms with E-state index in [1.165, 1.54) is 0 Å². The molecule has 1 aliphatic rings. The van der Waals surface area contributed by atoms with Gasteiger partial charge in [-0.3, -0.25) is 4.79 Å². The molecular weight excluding hydrogens is 254 g/mol.